The minimum Gasteiger partial charge on any atom is -0.366 e. The van der Waals surface area contributed by atoms with Crippen molar-refractivity contribution >= 4 is 21.6 Å². The molecular weight excluding hydrogens is 546 g/mol. The Kier molecular flexibility index (Phi) is 6.73. The first-order valence-corrected chi connectivity index (χ1v) is 14.8. The molecule has 0 amide bonds. The van der Waals surface area contributed by atoms with E-state index in [1.54, 1.807) is 0 Å². The highest BCUT2D eigenvalue weighted by Crippen LogP contribution is 2.71. The summed E-state index contributed by atoms with van der Waals surface area (Å²) in [7, 11) is -4.12. The lowest BCUT2D eigenvalue weighted by molar-refractivity contribution is -0.151. The molecule has 3 saturated carbocycles. The fourth-order valence-corrected chi connectivity index (χ4v) is 8.17. The molecule has 0 aromatic heterocycles. The second kappa shape index (κ2) is 9.37. The Bertz CT molecular complexity index is 1430. The summed E-state index contributed by atoms with van der Waals surface area (Å²) in [6.07, 6.45) is -2.69. The third kappa shape index (κ3) is 4.85. The zero-order valence-electron chi connectivity index (χ0n) is 22.8. The number of carbonyl (C=O) groups excluding carboxylic acids is 1. The van der Waals surface area contributed by atoms with Crippen molar-refractivity contribution in [2.24, 2.45) is 16.3 Å². The maximum absolute atomic E-state index is 13.8. The van der Waals surface area contributed by atoms with Gasteiger partial charge in [0.25, 0.3) is 0 Å². The first-order chi connectivity index (χ1) is 18.5. The lowest BCUT2D eigenvalue weighted by atomic mass is 9.38. The van der Waals surface area contributed by atoms with E-state index in [-0.39, 0.29) is 28.6 Å². The zero-order chi connectivity index (χ0) is 29.3. The van der Waals surface area contributed by atoms with Gasteiger partial charge in [-0.3, -0.25) is 9.79 Å². The molecule has 4 aliphatic rings. The molecule has 1 unspecified atom stereocenters. The molecule has 6 nitrogen and oxygen atoms in total. The van der Waals surface area contributed by atoms with Gasteiger partial charge in [0.1, 0.15) is 17.7 Å². The molecule has 0 radical (unpaired) electrons. The third-order valence-corrected chi connectivity index (χ3v) is 10.3. The maximum atomic E-state index is 13.8. The van der Waals surface area contributed by atoms with Gasteiger partial charge in [0.15, 0.2) is 5.78 Å². The summed E-state index contributed by atoms with van der Waals surface area (Å²) in [5, 5.41) is 3.43. The molecule has 3 aliphatic carbocycles. The van der Waals surface area contributed by atoms with Gasteiger partial charge in [0, 0.05) is 23.9 Å². The number of nitrogens with one attached hydrogen (secondary N) is 1. The summed E-state index contributed by atoms with van der Waals surface area (Å²) >= 11 is 0. The number of hydrogen-bond donors (Lipinski definition) is 1. The summed E-state index contributed by atoms with van der Waals surface area (Å²) in [6.45, 7) is 7.70. The predicted molar refractivity (Wildman–Crippen MR) is 142 cm³/mol. The number of halogens is 4. The largest absolute Gasteiger partial charge is 0.416 e. The van der Waals surface area contributed by atoms with E-state index >= 15 is 0 Å². The quantitative estimate of drug-likeness (QED) is 0.386. The van der Waals surface area contributed by atoms with Gasteiger partial charge >= 0.3 is 6.18 Å². The van der Waals surface area contributed by atoms with Crippen LogP contribution in [-0.4, -0.2) is 41.5 Å². The lowest BCUT2D eigenvalue weighted by Gasteiger charge is -2.73. The van der Waals surface area contributed by atoms with Crippen LogP contribution in [-0.2, 0) is 27.5 Å². The van der Waals surface area contributed by atoms with E-state index in [0.29, 0.717) is 31.2 Å². The van der Waals surface area contributed by atoms with Crippen molar-refractivity contribution in [3.8, 4) is 0 Å². The summed E-state index contributed by atoms with van der Waals surface area (Å²) < 4.78 is 81.9. The number of ketones is 1. The topological polar surface area (TPSA) is 78.8 Å². The average Bonchev–Trinajstić information content (AvgIpc) is 3.11. The summed E-state index contributed by atoms with van der Waals surface area (Å²) in [6, 6.07) is 8.45. The number of benzene rings is 2. The molecule has 11 heteroatoms. The van der Waals surface area contributed by atoms with E-state index in [0.717, 1.165) is 30.1 Å². The van der Waals surface area contributed by atoms with Gasteiger partial charge in [-0.2, -0.15) is 17.5 Å². The molecule has 216 valence electrons. The molecule has 2 aromatic rings. The first kappa shape index (κ1) is 28.7. The molecule has 40 heavy (non-hydrogen) atoms. The van der Waals surface area contributed by atoms with Gasteiger partial charge in [0.2, 0.25) is 10.0 Å². The molecule has 3 fully saturated rings. The highest BCUT2D eigenvalue weighted by atomic mass is 32.2. The molecule has 1 N–H and O–H groups in total. The molecular formula is C29H33F4N3O3S. The SMILES string of the molecule is CC(C)CC(=O)C1N=C(C23CC(N(Cc4ccc(C(F)(F)F)cc4)S(=O)(=O)c4ccc(F)cc4)(C2)C3)NC1(C)C. The van der Waals surface area contributed by atoms with Crippen LogP contribution in [0.3, 0.4) is 0 Å². The van der Waals surface area contributed by atoms with Crippen molar-refractivity contribution in [1.29, 1.82) is 0 Å². The second-order valence-corrected chi connectivity index (χ2v) is 14.3. The van der Waals surface area contributed by atoms with E-state index in [2.05, 4.69) is 5.32 Å². The van der Waals surface area contributed by atoms with E-state index in [9.17, 15) is 30.8 Å². The van der Waals surface area contributed by atoms with E-state index in [1.165, 1.54) is 28.6 Å². The van der Waals surface area contributed by atoms with Crippen LogP contribution in [0.1, 0.15) is 64.5 Å². The molecule has 1 atom stereocenters. The Labute approximate surface area is 231 Å². The summed E-state index contributed by atoms with van der Waals surface area (Å²) in [4.78, 5) is 17.6. The van der Waals surface area contributed by atoms with E-state index < -0.39 is 44.7 Å². The van der Waals surface area contributed by atoms with Crippen LogP contribution in [0, 0.1) is 17.2 Å². The Morgan fingerprint density at radius 1 is 1.05 bits per heavy atom. The van der Waals surface area contributed by atoms with Gasteiger partial charge in [-0.05, 0) is 81.0 Å². The predicted octanol–water partition coefficient (Wildman–Crippen LogP) is 5.72. The first-order valence-electron chi connectivity index (χ1n) is 13.3. The van der Waals surface area contributed by atoms with Gasteiger partial charge in [-0.15, -0.1) is 0 Å². The minimum atomic E-state index is -4.50. The maximum Gasteiger partial charge on any atom is 0.416 e. The number of Topliss-reactive ketones (excluding diaryl/α,β-unsaturated/α-hetero) is 1. The lowest BCUT2D eigenvalue weighted by Crippen LogP contribution is -2.78. The van der Waals surface area contributed by atoms with Crippen molar-refractivity contribution < 1.29 is 30.8 Å². The van der Waals surface area contributed by atoms with Crippen LogP contribution in [0.5, 0.6) is 0 Å². The number of rotatable bonds is 9. The molecule has 2 aromatic carbocycles. The molecule has 0 spiro atoms. The van der Waals surface area contributed by atoms with Gasteiger partial charge < -0.3 is 5.32 Å². The third-order valence-electron chi connectivity index (χ3n) is 8.34. The number of sulfonamides is 1. The fraction of sp³-hybridized carbons (Fsp3) is 0.517. The molecule has 2 bridgehead atoms. The molecule has 1 heterocycles. The minimum absolute atomic E-state index is 0.0617. The molecule has 6 rings (SSSR count). The van der Waals surface area contributed by atoms with E-state index in [1.807, 2.05) is 27.7 Å². The van der Waals surface area contributed by atoms with Gasteiger partial charge in [-0.25, -0.2) is 12.8 Å². The van der Waals surface area contributed by atoms with Crippen LogP contribution >= 0.6 is 0 Å². The number of amidine groups is 1. The second-order valence-electron chi connectivity index (χ2n) is 12.5. The number of nitrogens with zero attached hydrogens (tertiary/aromatic N) is 2. The number of alkyl halides is 3. The average molecular weight is 580 g/mol. The Balaban J connectivity index is 1.42. The van der Waals surface area contributed by atoms with Crippen molar-refractivity contribution in [2.75, 3.05) is 0 Å². The summed E-state index contributed by atoms with van der Waals surface area (Å²) in [5.74, 6) is 0.408. The number of carbonyl (C=O) groups is 1. The van der Waals surface area contributed by atoms with Crippen LogP contribution in [0.15, 0.2) is 58.4 Å². The fourth-order valence-electron chi connectivity index (χ4n) is 6.41. The van der Waals surface area contributed by atoms with Crippen molar-refractivity contribution in [3.05, 3.63) is 65.5 Å². The van der Waals surface area contributed by atoms with Crippen LogP contribution in [0.2, 0.25) is 0 Å². The van der Waals surface area contributed by atoms with Crippen LogP contribution in [0.25, 0.3) is 0 Å². The highest BCUT2D eigenvalue weighted by Gasteiger charge is 2.75. The standard InChI is InChI=1S/C29H33F4N3O3S/c1-18(2)13-23(37)24-26(3,4)35-25(34-24)27-15-28(16-27,17-27)36(40(38,39)22-11-9-21(30)10-12-22)14-19-5-7-20(8-6-19)29(31,32)33/h5-12,18,24H,13-17H2,1-4H3,(H,34,35). The Hall–Kier alpha value is -2.79. The number of hydrogen-bond acceptors (Lipinski definition) is 5. The van der Waals surface area contributed by atoms with Crippen LogP contribution in [0.4, 0.5) is 17.6 Å². The number of aliphatic imine (C=N–C) groups is 1. The molecule has 0 saturated heterocycles. The van der Waals surface area contributed by atoms with Crippen molar-refractivity contribution in [1.82, 2.24) is 9.62 Å². The Morgan fingerprint density at radius 3 is 2.15 bits per heavy atom. The van der Waals surface area contributed by atoms with Gasteiger partial charge in [0.05, 0.1) is 16.0 Å². The van der Waals surface area contributed by atoms with Crippen molar-refractivity contribution in [2.45, 2.75) is 88.1 Å². The van der Waals surface area contributed by atoms with Gasteiger partial charge in [-0.1, -0.05) is 26.0 Å². The van der Waals surface area contributed by atoms with Crippen LogP contribution < -0.4 is 5.32 Å². The summed E-state index contributed by atoms with van der Waals surface area (Å²) in [5.41, 5.74) is -2.12. The van der Waals surface area contributed by atoms with E-state index in [4.69, 9.17) is 4.99 Å². The Morgan fingerprint density at radius 2 is 1.62 bits per heavy atom. The molecule has 1 aliphatic heterocycles. The normalized spacial score (nSPS) is 27.1. The van der Waals surface area contributed by atoms with Crippen molar-refractivity contribution in [3.63, 3.8) is 0 Å². The smallest absolute Gasteiger partial charge is 0.366 e. The monoisotopic (exact) mass is 579 g/mol. The highest BCUT2D eigenvalue weighted by molar-refractivity contribution is 7.89. The zero-order valence-corrected chi connectivity index (χ0v) is 23.7.